The molecule has 0 bridgehead atoms. The van der Waals surface area contributed by atoms with E-state index < -0.39 is 34.7 Å². The van der Waals surface area contributed by atoms with Gasteiger partial charge in [-0.05, 0) is 36.8 Å². The number of nitrogen functional groups attached to an aromatic ring is 1. The first-order chi connectivity index (χ1) is 15.6. The number of anilines is 2. The van der Waals surface area contributed by atoms with E-state index in [1.54, 1.807) is 23.4 Å². The molecular formula is C22H22F3N5O2S. The number of benzene rings is 1. The van der Waals surface area contributed by atoms with Crippen LogP contribution in [0.25, 0.3) is 0 Å². The SMILES string of the molecule is CC#C[C@H]1CN(S(=O)c2ccc(N)nc2)CCN1c1ccc([C@](O)(CC#N)C(F)(F)F)cc1. The van der Waals surface area contributed by atoms with Gasteiger partial charge in [0.2, 0.25) is 0 Å². The fourth-order valence-corrected chi connectivity index (χ4v) is 4.71. The van der Waals surface area contributed by atoms with E-state index in [4.69, 9.17) is 11.0 Å². The van der Waals surface area contributed by atoms with Gasteiger partial charge in [0.05, 0.1) is 17.4 Å². The molecule has 3 rings (SSSR count). The number of hydrogen-bond acceptors (Lipinski definition) is 6. The minimum absolute atomic E-state index is 0.325. The Kier molecular flexibility index (Phi) is 7.28. The molecule has 11 heteroatoms. The van der Waals surface area contributed by atoms with Crippen molar-refractivity contribution in [2.45, 2.75) is 36.1 Å². The van der Waals surface area contributed by atoms with Gasteiger partial charge in [0, 0.05) is 31.5 Å². The molecule has 2 aromatic rings. The molecule has 174 valence electrons. The van der Waals surface area contributed by atoms with Gasteiger partial charge in [0.1, 0.15) is 22.8 Å². The Hall–Kier alpha value is -3.12. The van der Waals surface area contributed by atoms with E-state index in [0.29, 0.717) is 36.0 Å². The normalized spacial score (nSPS) is 19.6. The quantitative estimate of drug-likeness (QED) is 0.642. The Balaban J connectivity index is 1.82. The fraction of sp³-hybridized carbons (Fsp3) is 0.364. The van der Waals surface area contributed by atoms with Gasteiger partial charge in [0.15, 0.2) is 5.60 Å². The predicted molar refractivity (Wildman–Crippen MR) is 118 cm³/mol. The summed E-state index contributed by atoms with van der Waals surface area (Å²) in [6.45, 7) is 2.85. The molecule has 0 spiro atoms. The topological polar surface area (TPSA) is 106 Å². The molecule has 33 heavy (non-hydrogen) atoms. The number of nitrogens with two attached hydrogens (primary N) is 1. The molecule has 2 heterocycles. The molecule has 1 unspecified atom stereocenters. The predicted octanol–water partition coefficient (Wildman–Crippen LogP) is 2.56. The molecule has 0 radical (unpaired) electrons. The number of hydrogen-bond donors (Lipinski definition) is 2. The van der Waals surface area contributed by atoms with Gasteiger partial charge in [0.25, 0.3) is 0 Å². The van der Waals surface area contributed by atoms with Gasteiger partial charge >= 0.3 is 6.18 Å². The smallest absolute Gasteiger partial charge is 0.384 e. The Morgan fingerprint density at radius 3 is 2.48 bits per heavy atom. The van der Waals surface area contributed by atoms with E-state index in [1.807, 2.05) is 4.90 Å². The molecule has 1 aromatic carbocycles. The molecule has 3 atom stereocenters. The van der Waals surface area contributed by atoms with Gasteiger partial charge < -0.3 is 15.7 Å². The molecule has 1 aliphatic rings. The molecular weight excluding hydrogens is 455 g/mol. The lowest BCUT2D eigenvalue weighted by molar-refractivity contribution is -0.264. The van der Waals surface area contributed by atoms with Crippen LogP contribution in [0.15, 0.2) is 47.5 Å². The van der Waals surface area contributed by atoms with E-state index in [0.717, 1.165) is 0 Å². The minimum atomic E-state index is -4.99. The lowest BCUT2D eigenvalue weighted by Gasteiger charge is -2.40. The maximum absolute atomic E-state index is 13.4. The third-order valence-corrected chi connectivity index (χ3v) is 6.78. The summed E-state index contributed by atoms with van der Waals surface area (Å²) in [6, 6.07) is 9.52. The summed E-state index contributed by atoms with van der Waals surface area (Å²) in [5.74, 6) is 6.23. The second kappa shape index (κ2) is 9.79. The zero-order valence-electron chi connectivity index (χ0n) is 17.7. The third kappa shape index (κ3) is 5.11. The van der Waals surface area contributed by atoms with Crippen molar-refractivity contribution in [2.24, 2.45) is 0 Å². The molecule has 1 aliphatic heterocycles. The number of aliphatic hydroxyl groups is 1. The average Bonchev–Trinajstić information content (AvgIpc) is 2.79. The summed E-state index contributed by atoms with van der Waals surface area (Å²) in [6.07, 6.45) is -4.64. The van der Waals surface area contributed by atoms with Crippen molar-refractivity contribution in [3.63, 3.8) is 0 Å². The van der Waals surface area contributed by atoms with Crippen molar-refractivity contribution in [3.05, 3.63) is 48.2 Å². The number of halogens is 3. The fourth-order valence-electron chi connectivity index (χ4n) is 3.56. The summed E-state index contributed by atoms with van der Waals surface area (Å²) >= 11 is 0. The van der Waals surface area contributed by atoms with Crippen LogP contribution in [0.2, 0.25) is 0 Å². The highest BCUT2D eigenvalue weighted by atomic mass is 32.2. The zero-order chi connectivity index (χ0) is 24.2. The number of rotatable bonds is 5. The minimum Gasteiger partial charge on any atom is -0.384 e. The van der Waals surface area contributed by atoms with Gasteiger partial charge in [-0.1, -0.05) is 18.1 Å². The van der Waals surface area contributed by atoms with Crippen molar-refractivity contribution in [1.82, 2.24) is 9.29 Å². The van der Waals surface area contributed by atoms with Crippen molar-refractivity contribution in [3.8, 4) is 17.9 Å². The number of pyridine rings is 1. The maximum atomic E-state index is 13.4. The summed E-state index contributed by atoms with van der Waals surface area (Å²) in [5.41, 5.74) is 2.54. The summed E-state index contributed by atoms with van der Waals surface area (Å²) in [5, 5.41) is 18.9. The second-order valence-electron chi connectivity index (χ2n) is 7.40. The molecule has 7 nitrogen and oxygen atoms in total. The first-order valence-corrected chi connectivity index (χ1v) is 11.0. The first-order valence-electron chi connectivity index (χ1n) is 9.94. The van der Waals surface area contributed by atoms with Crippen LogP contribution in [0.5, 0.6) is 0 Å². The highest BCUT2D eigenvalue weighted by Gasteiger charge is 2.55. The second-order valence-corrected chi connectivity index (χ2v) is 8.89. The van der Waals surface area contributed by atoms with E-state index in [2.05, 4.69) is 16.8 Å². The maximum Gasteiger partial charge on any atom is 0.422 e. The number of aromatic nitrogens is 1. The Bertz CT molecular complexity index is 1110. The zero-order valence-corrected chi connectivity index (χ0v) is 18.5. The average molecular weight is 478 g/mol. The lowest BCUT2D eigenvalue weighted by Crippen LogP contribution is -2.53. The van der Waals surface area contributed by atoms with Crippen LogP contribution < -0.4 is 10.6 Å². The van der Waals surface area contributed by atoms with E-state index in [9.17, 15) is 22.5 Å². The van der Waals surface area contributed by atoms with Crippen LogP contribution >= 0.6 is 0 Å². The van der Waals surface area contributed by atoms with Crippen LogP contribution in [-0.4, -0.2) is 50.5 Å². The van der Waals surface area contributed by atoms with Crippen LogP contribution in [0.1, 0.15) is 18.9 Å². The van der Waals surface area contributed by atoms with Gasteiger partial charge in [-0.25, -0.2) is 13.5 Å². The highest BCUT2D eigenvalue weighted by molar-refractivity contribution is 7.82. The van der Waals surface area contributed by atoms with Gasteiger partial charge in [-0.2, -0.15) is 18.4 Å². The van der Waals surface area contributed by atoms with Gasteiger partial charge in [-0.15, -0.1) is 5.92 Å². The number of nitriles is 1. The van der Waals surface area contributed by atoms with E-state index in [-0.39, 0.29) is 6.04 Å². The largest absolute Gasteiger partial charge is 0.422 e. The molecule has 0 amide bonds. The Morgan fingerprint density at radius 2 is 1.94 bits per heavy atom. The van der Waals surface area contributed by atoms with Crippen molar-refractivity contribution >= 4 is 22.5 Å². The summed E-state index contributed by atoms with van der Waals surface area (Å²) in [7, 11) is -1.47. The van der Waals surface area contributed by atoms with Crippen LogP contribution in [0.3, 0.4) is 0 Å². The van der Waals surface area contributed by atoms with Crippen molar-refractivity contribution < 1.29 is 22.5 Å². The third-order valence-electron chi connectivity index (χ3n) is 5.33. The first kappa shape index (κ1) is 24.5. The molecule has 1 fully saturated rings. The lowest BCUT2D eigenvalue weighted by atomic mass is 9.90. The highest BCUT2D eigenvalue weighted by Crippen LogP contribution is 2.42. The van der Waals surface area contributed by atoms with Crippen LogP contribution in [-0.2, 0) is 16.6 Å². The summed E-state index contributed by atoms with van der Waals surface area (Å²) in [4.78, 5) is 6.39. The van der Waals surface area contributed by atoms with Crippen molar-refractivity contribution in [1.29, 1.82) is 5.26 Å². The van der Waals surface area contributed by atoms with Crippen molar-refractivity contribution in [2.75, 3.05) is 30.3 Å². The number of nitrogens with zero attached hydrogens (tertiary/aromatic N) is 4. The molecule has 1 saturated heterocycles. The number of alkyl halides is 3. The summed E-state index contributed by atoms with van der Waals surface area (Å²) < 4.78 is 54.9. The van der Waals surface area contributed by atoms with E-state index in [1.165, 1.54) is 36.5 Å². The monoisotopic (exact) mass is 477 g/mol. The van der Waals surface area contributed by atoms with Crippen LogP contribution in [0.4, 0.5) is 24.7 Å². The Morgan fingerprint density at radius 1 is 1.24 bits per heavy atom. The van der Waals surface area contributed by atoms with E-state index >= 15 is 0 Å². The standard InChI is InChI=1S/C22H22F3N5O2S/c1-2-3-18-15-29(33(32)19-8-9-20(27)28-14-19)12-13-30(18)17-6-4-16(5-7-17)21(31,10-11-26)22(23,24)25/h4-9,14,18,31H,10,12-13,15H2,1H3,(H2,27,28)/t18-,21+,33?/m0/s1. The molecule has 3 N–H and O–H groups in total. The van der Waals surface area contributed by atoms with Crippen LogP contribution in [0, 0.1) is 23.2 Å². The Labute approximate surface area is 192 Å². The molecule has 0 aliphatic carbocycles. The number of piperazine rings is 1. The molecule has 0 saturated carbocycles. The van der Waals surface area contributed by atoms with Gasteiger partial charge in [-0.3, -0.25) is 0 Å². The molecule has 1 aromatic heterocycles.